The van der Waals surface area contributed by atoms with Crippen molar-refractivity contribution in [1.29, 1.82) is 0 Å². The molecule has 1 atom stereocenters. The van der Waals surface area contributed by atoms with Gasteiger partial charge in [0.1, 0.15) is 11.6 Å². The molecule has 2 aliphatic heterocycles. The number of nitrogens with two attached hydrogens (primary N) is 1. The van der Waals surface area contributed by atoms with Crippen LogP contribution in [0.25, 0.3) is 0 Å². The average Bonchev–Trinajstić information content (AvgIpc) is 2.97. The Morgan fingerprint density at radius 3 is 2.45 bits per heavy atom. The lowest BCUT2D eigenvalue weighted by Crippen LogP contribution is -2.48. The van der Waals surface area contributed by atoms with E-state index in [-0.39, 0.29) is 4.90 Å². The van der Waals surface area contributed by atoms with E-state index in [9.17, 15) is 8.42 Å². The Labute approximate surface area is 237 Å². The highest BCUT2D eigenvalue weighted by atomic mass is 32.2. The van der Waals surface area contributed by atoms with Crippen LogP contribution in [0.2, 0.25) is 0 Å². The standard InChI is InChI=1S/C30H38N6O3S/c1-5-35-16-18-36(19-17-35)22-14-15-24(27(20-22)39-4)30(31)33-25-11-7-6-10-23(25)29(34-30)32-26-12-8-9-13-28(26)40(37,38)21(2)3/h6-15,20-21,33H,5,16-19,31H2,1-4H3,(H,32,34). The molecule has 0 aromatic heterocycles. The molecule has 0 amide bonds. The van der Waals surface area contributed by atoms with E-state index in [1.165, 1.54) is 0 Å². The van der Waals surface area contributed by atoms with Crippen LogP contribution in [0.5, 0.6) is 5.75 Å². The highest BCUT2D eigenvalue weighted by Crippen LogP contribution is 2.38. The molecule has 40 heavy (non-hydrogen) atoms. The van der Waals surface area contributed by atoms with E-state index in [0.29, 0.717) is 22.8 Å². The van der Waals surface area contributed by atoms with Crippen molar-refractivity contribution in [3.05, 3.63) is 77.9 Å². The molecule has 3 aromatic rings. The largest absolute Gasteiger partial charge is 0.496 e. The number of piperazine rings is 1. The smallest absolute Gasteiger partial charge is 0.215 e. The third-order valence-electron chi connectivity index (χ3n) is 7.64. The SMILES string of the molecule is CCN1CCN(c2ccc(C3(N)N=C(Nc4ccccc4S(=O)(=O)C(C)C)c4ccccc4N3)c(OC)c2)CC1. The van der Waals surface area contributed by atoms with Crippen LogP contribution in [-0.4, -0.2) is 64.2 Å². The second-order valence-corrected chi connectivity index (χ2v) is 12.9. The van der Waals surface area contributed by atoms with Crippen molar-refractivity contribution in [3.8, 4) is 5.75 Å². The van der Waals surface area contributed by atoms with Crippen LogP contribution in [0.3, 0.4) is 0 Å². The van der Waals surface area contributed by atoms with Gasteiger partial charge in [0.2, 0.25) is 5.79 Å². The number of nitrogens with zero attached hydrogens (tertiary/aromatic N) is 3. The van der Waals surface area contributed by atoms with Crippen molar-refractivity contribution in [2.24, 2.45) is 10.7 Å². The molecule has 1 unspecified atom stereocenters. The Hall–Kier alpha value is -3.60. The van der Waals surface area contributed by atoms with Gasteiger partial charge < -0.3 is 25.2 Å². The zero-order chi connectivity index (χ0) is 28.5. The number of fused-ring (bicyclic) bond motifs is 1. The number of likely N-dealkylation sites (N-methyl/N-ethyl adjacent to an activating group) is 1. The maximum absolute atomic E-state index is 13.1. The van der Waals surface area contributed by atoms with Gasteiger partial charge in [-0.3, -0.25) is 5.73 Å². The number of anilines is 3. The van der Waals surface area contributed by atoms with Crippen LogP contribution >= 0.6 is 0 Å². The molecule has 0 radical (unpaired) electrons. The molecule has 0 saturated carbocycles. The fourth-order valence-electron chi connectivity index (χ4n) is 5.20. The summed E-state index contributed by atoms with van der Waals surface area (Å²) < 4.78 is 32.1. The summed E-state index contributed by atoms with van der Waals surface area (Å²) in [6, 6.07) is 20.6. The molecule has 2 aliphatic rings. The average molecular weight is 563 g/mol. The topological polar surface area (TPSA) is 112 Å². The first-order chi connectivity index (χ1) is 19.2. The zero-order valence-corrected chi connectivity index (χ0v) is 24.3. The first kappa shape index (κ1) is 27.9. The maximum atomic E-state index is 13.1. The minimum atomic E-state index is -3.54. The van der Waals surface area contributed by atoms with E-state index in [0.717, 1.165) is 49.7 Å². The summed E-state index contributed by atoms with van der Waals surface area (Å²) in [5.41, 5.74) is 10.7. The van der Waals surface area contributed by atoms with Crippen molar-refractivity contribution in [2.45, 2.75) is 36.7 Å². The Morgan fingerprint density at radius 2 is 1.75 bits per heavy atom. The molecule has 1 saturated heterocycles. The Bertz CT molecular complexity index is 1520. The van der Waals surface area contributed by atoms with Gasteiger partial charge in [0, 0.05) is 49.2 Å². The number of ether oxygens (including phenoxy) is 1. The summed E-state index contributed by atoms with van der Waals surface area (Å²) in [7, 11) is -1.91. The van der Waals surface area contributed by atoms with Crippen LogP contribution in [0, 0.1) is 0 Å². The second-order valence-electron chi connectivity index (χ2n) is 10.4. The van der Waals surface area contributed by atoms with Crippen LogP contribution < -0.4 is 26.0 Å². The second kappa shape index (κ2) is 11.1. The summed E-state index contributed by atoms with van der Waals surface area (Å²) in [6.45, 7) is 10.5. The summed E-state index contributed by atoms with van der Waals surface area (Å²) in [5, 5.41) is 6.12. The molecule has 0 bridgehead atoms. The van der Waals surface area contributed by atoms with Gasteiger partial charge in [-0.15, -0.1) is 0 Å². The molecule has 5 rings (SSSR count). The summed E-state index contributed by atoms with van der Waals surface area (Å²) in [4.78, 5) is 9.95. The lowest BCUT2D eigenvalue weighted by atomic mass is 10.0. The van der Waals surface area contributed by atoms with E-state index in [2.05, 4.69) is 33.4 Å². The number of sulfone groups is 1. The number of aliphatic imine (C=N–C) groups is 1. The normalized spacial score (nSPS) is 19.6. The van der Waals surface area contributed by atoms with Crippen molar-refractivity contribution in [1.82, 2.24) is 4.90 Å². The number of hydrogen-bond acceptors (Lipinski definition) is 9. The molecule has 1 fully saturated rings. The quantitative estimate of drug-likeness (QED) is 0.395. The number of amidine groups is 1. The summed E-state index contributed by atoms with van der Waals surface area (Å²) in [5.74, 6) is -0.284. The summed E-state index contributed by atoms with van der Waals surface area (Å²) >= 11 is 0. The van der Waals surface area contributed by atoms with Gasteiger partial charge in [0.15, 0.2) is 9.84 Å². The van der Waals surface area contributed by atoms with Gasteiger partial charge in [-0.1, -0.05) is 31.2 Å². The zero-order valence-electron chi connectivity index (χ0n) is 23.5. The minimum absolute atomic E-state index is 0.219. The van der Waals surface area contributed by atoms with Gasteiger partial charge >= 0.3 is 0 Å². The molecular weight excluding hydrogens is 524 g/mol. The number of para-hydroxylation sites is 2. The molecule has 10 heteroatoms. The number of hydrogen-bond donors (Lipinski definition) is 3. The van der Waals surface area contributed by atoms with Crippen molar-refractivity contribution >= 4 is 32.7 Å². The maximum Gasteiger partial charge on any atom is 0.215 e. The van der Waals surface area contributed by atoms with Crippen LogP contribution in [0.15, 0.2) is 76.6 Å². The number of nitrogens with one attached hydrogen (secondary N) is 2. The third kappa shape index (κ3) is 5.26. The highest BCUT2D eigenvalue weighted by molar-refractivity contribution is 7.92. The fourth-order valence-corrected chi connectivity index (χ4v) is 6.41. The fraction of sp³-hybridized carbons (Fsp3) is 0.367. The molecule has 3 aromatic carbocycles. The van der Waals surface area contributed by atoms with E-state index in [4.69, 9.17) is 15.5 Å². The van der Waals surface area contributed by atoms with Gasteiger partial charge in [0.25, 0.3) is 0 Å². The van der Waals surface area contributed by atoms with Crippen molar-refractivity contribution < 1.29 is 13.2 Å². The van der Waals surface area contributed by atoms with E-state index < -0.39 is 20.9 Å². The molecule has 2 heterocycles. The third-order valence-corrected chi connectivity index (χ3v) is 9.85. The van der Waals surface area contributed by atoms with E-state index in [1.54, 1.807) is 45.2 Å². The first-order valence-corrected chi connectivity index (χ1v) is 15.2. The van der Waals surface area contributed by atoms with Gasteiger partial charge in [-0.25, -0.2) is 13.4 Å². The number of rotatable bonds is 7. The Kier molecular flexibility index (Phi) is 7.76. The van der Waals surface area contributed by atoms with Gasteiger partial charge in [-0.05, 0) is 56.8 Å². The van der Waals surface area contributed by atoms with E-state index >= 15 is 0 Å². The predicted octanol–water partition coefficient (Wildman–Crippen LogP) is 4.07. The van der Waals surface area contributed by atoms with Crippen LogP contribution in [0.1, 0.15) is 31.9 Å². The number of methoxy groups -OCH3 is 1. The van der Waals surface area contributed by atoms with Crippen LogP contribution in [0.4, 0.5) is 17.1 Å². The minimum Gasteiger partial charge on any atom is -0.496 e. The molecular formula is C30H38N6O3S. The van der Waals surface area contributed by atoms with Gasteiger partial charge in [-0.2, -0.15) is 0 Å². The number of benzene rings is 3. The Balaban J connectivity index is 1.54. The first-order valence-electron chi connectivity index (χ1n) is 13.7. The molecule has 0 spiro atoms. The van der Waals surface area contributed by atoms with Crippen molar-refractivity contribution in [3.63, 3.8) is 0 Å². The predicted molar refractivity (Wildman–Crippen MR) is 162 cm³/mol. The van der Waals surface area contributed by atoms with Crippen molar-refractivity contribution in [2.75, 3.05) is 55.4 Å². The van der Waals surface area contributed by atoms with Crippen LogP contribution in [-0.2, 0) is 15.6 Å². The molecule has 9 nitrogen and oxygen atoms in total. The Morgan fingerprint density at radius 1 is 1.05 bits per heavy atom. The monoisotopic (exact) mass is 562 g/mol. The molecule has 0 aliphatic carbocycles. The highest BCUT2D eigenvalue weighted by Gasteiger charge is 2.36. The van der Waals surface area contributed by atoms with E-state index in [1.807, 2.05) is 36.4 Å². The lowest BCUT2D eigenvalue weighted by molar-refractivity contribution is 0.271. The molecule has 4 N–H and O–H groups in total. The lowest BCUT2D eigenvalue weighted by Gasteiger charge is -2.37. The molecule has 212 valence electrons. The van der Waals surface area contributed by atoms with Gasteiger partial charge in [0.05, 0.1) is 28.5 Å². The summed E-state index contributed by atoms with van der Waals surface area (Å²) in [6.07, 6.45) is 0.